The Kier molecular flexibility index (Phi) is 6.15. The molecule has 6 heteroatoms. The predicted molar refractivity (Wildman–Crippen MR) is 118 cm³/mol. The number of rotatable bonds is 6. The summed E-state index contributed by atoms with van der Waals surface area (Å²) in [7, 11) is 5.47. The van der Waals surface area contributed by atoms with Gasteiger partial charge >= 0.3 is 0 Å². The summed E-state index contributed by atoms with van der Waals surface area (Å²) >= 11 is 0. The van der Waals surface area contributed by atoms with Crippen molar-refractivity contribution >= 4 is 23.1 Å². The molecule has 0 aromatic heterocycles. The molecule has 1 N–H and O–H groups in total. The summed E-state index contributed by atoms with van der Waals surface area (Å²) in [5.41, 5.74) is 3.20. The van der Waals surface area contributed by atoms with Crippen LogP contribution in [0.25, 0.3) is 5.76 Å². The molecule has 1 heterocycles. The monoisotopic (exact) mass is 408 g/mol. The molecule has 1 aliphatic heterocycles. The molecule has 1 amide bonds. The van der Waals surface area contributed by atoms with Crippen molar-refractivity contribution in [1.82, 2.24) is 4.90 Å². The standard InChI is InChI=1S/C24H28N2O4/c1-6-13-26-21(16-7-9-17(10-8-16)25(3)4)20(23(28)24(26)29)22(27)19-12-11-18(30-5)14-15(19)2/h7-12,14,21,27H,6,13H2,1-5H3/b22-20-. The molecule has 6 nitrogen and oxygen atoms in total. The Morgan fingerprint density at radius 1 is 1.13 bits per heavy atom. The Morgan fingerprint density at radius 2 is 1.80 bits per heavy atom. The summed E-state index contributed by atoms with van der Waals surface area (Å²) in [6, 6.07) is 12.3. The first-order valence-electron chi connectivity index (χ1n) is 10.0. The Bertz CT molecular complexity index is 993. The minimum absolute atomic E-state index is 0.124. The number of methoxy groups -OCH3 is 1. The van der Waals surface area contributed by atoms with Gasteiger partial charge in [0.15, 0.2) is 0 Å². The topological polar surface area (TPSA) is 70.1 Å². The fraction of sp³-hybridized carbons (Fsp3) is 0.333. The minimum Gasteiger partial charge on any atom is -0.507 e. The average molecular weight is 408 g/mol. The highest BCUT2D eigenvalue weighted by Gasteiger charge is 2.45. The normalized spacial score (nSPS) is 18.0. The van der Waals surface area contributed by atoms with Crippen molar-refractivity contribution in [3.8, 4) is 5.75 Å². The number of aliphatic hydroxyl groups excluding tert-OH is 1. The maximum absolute atomic E-state index is 13.0. The number of carbonyl (C=O) groups excluding carboxylic acids is 2. The van der Waals surface area contributed by atoms with Gasteiger partial charge in [-0.3, -0.25) is 9.59 Å². The van der Waals surface area contributed by atoms with Gasteiger partial charge in [-0.15, -0.1) is 0 Å². The van der Waals surface area contributed by atoms with Gasteiger partial charge < -0.3 is 19.6 Å². The van der Waals surface area contributed by atoms with Crippen LogP contribution < -0.4 is 9.64 Å². The van der Waals surface area contributed by atoms with Crippen LogP contribution in [0.1, 0.15) is 36.1 Å². The first-order chi connectivity index (χ1) is 14.3. The molecule has 2 aromatic carbocycles. The van der Waals surface area contributed by atoms with Crippen molar-refractivity contribution in [3.63, 3.8) is 0 Å². The molecule has 1 aliphatic rings. The summed E-state index contributed by atoms with van der Waals surface area (Å²) in [5, 5.41) is 11.1. The number of ketones is 1. The number of aryl methyl sites for hydroxylation is 1. The van der Waals surface area contributed by atoms with Gasteiger partial charge in [-0.2, -0.15) is 0 Å². The minimum atomic E-state index is -0.655. The second kappa shape index (κ2) is 8.61. The van der Waals surface area contributed by atoms with Crippen molar-refractivity contribution in [2.45, 2.75) is 26.3 Å². The Morgan fingerprint density at radius 3 is 2.33 bits per heavy atom. The van der Waals surface area contributed by atoms with Gasteiger partial charge in [0.1, 0.15) is 11.5 Å². The molecule has 3 rings (SSSR count). The van der Waals surface area contributed by atoms with Gasteiger partial charge in [-0.05, 0) is 54.8 Å². The molecule has 1 atom stereocenters. The number of benzene rings is 2. The van der Waals surface area contributed by atoms with Crippen LogP contribution in [0.4, 0.5) is 5.69 Å². The zero-order valence-electron chi connectivity index (χ0n) is 18.1. The lowest BCUT2D eigenvalue weighted by molar-refractivity contribution is -0.139. The first kappa shape index (κ1) is 21.4. The Balaban J connectivity index is 2.17. The molecule has 0 aliphatic carbocycles. The van der Waals surface area contributed by atoms with E-state index in [1.807, 2.05) is 57.1 Å². The summed E-state index contributed by atoms with van der Waals surface area (Å²) in [6.07, 6.45) is 0.709. The summed E-state index contributed by atoms with van der Waals surface area (Å²) < 4.78 is 5.23. The fourth-order valence-corrected chi connectivity index (χ4v) is 3.83. The number of likely N-dealkylation sites (tertiary alicyclic amines) is 1. The number of Topliss-reactive ketones (excluding diaryl/α,β-unsaturated/α-hetero) is 1. The number of amides is 1. The van der Waals surface area contributed by atoms with Crippen LogP contribution in [0, 0.1) is 6.92 Å². The van der Waals surface area contributed by atoms with E-state index in [0.29, 0.717) is 24.3 Å². The van der Waals surface area contributed by atoms with Gasteiger partial charge in [0.05, 0.1) is 18.7 Å². The predicted octanol–water partition coefficient (Wildman–Crippen LogP) is 3.90. The van der Waals surface area contributed by atoms with Crippen molar-refractivity contribution in [1.29, 1.82) is 0 Å². The van der Waals surface area contributed by atoms with E-state index in [4.69, 9.17) is 4.74 Å². The van der Waals surface area contributed by atoms with E-state index in [2.05, 4.69) is 0 Å². The number of anilines is 1. The summed E-state index contributed by atoms with van der Waals surface area (Å²) in [4.78, 5) is 29.3. The van der Waals surface area contributed by atoms with Crippen LogP contribution in [0.2, 0.25) is 0 Å². The zero-order chi connectivity index (χ0) is 22.0. The highest BCUT2D eigenvalue weighted by molar-refractivity contribution is 6.46. The zero-order valence-corrected chi connectivity index (χ0v) is 18.1. The van der Waals surface area contributed by atoms with Gasteiger partial charge in [-0.25, -0.2) is 0 Å². The van der Waals surface area contributed by atoms with Gasteiger partial charge in [-0.1, -0.05) is 19.1 Å². The van der Waals surface area contributed by atoms with Crippen molar-refractivity contribution in [2.75, 3.05) is 32.6 Å². The number of aliphatic hydroxyl groups is 1. The maximum atomic E-state index is 13.0. The van der Waals surface area contributed by atoms with Crippen LogP contribution in [-0.2, 0) is 9.59 Å². The number of carbonyl (C=O) groups is 2. The molecule has 0 spiro atoms. The third-order valence-corrected chi connectivity index (χ3v) is 5.42. The summed E-state index contributed by atoms with van der Waals surface area (Å²) in [6.45, 7) is 4.22. The van der Waals surface area contributed by atoms with Crippen molar-refractivity contribution < 1.29 is 19.4 Å². The number of ether oxygens (including phenoxy) is 1. The molecule has 0 radical (unpaired) electrons. The maximum Gasteiger partial charge on any atom is 0.295 e. The number of hydrogen-bond acceptors (Lipinski definition) is 5. The Hall–Kier alpha value is -3.28. The lowest BCUT2D eigenvalue weighted by Crippen LogP contribution is -2.30. The largest absolute Gasteiger partial charge is 0.507 e. The molecular weight excluding hydrogens is 380 g/mol. The molecule has 30 heavy (non-hydrogen) atoms. The highest BCUT2D eigenvalue weighted by Crippen LogP contribution is 2.40. The molecule has 1 unspecified atom stereocenters. The van der Waals surface area contributed by atoms with E-state index < -0.39 is 17.7 Å². The molecule has 1 saturated heterocycles. The average Bonchev–Trinajstić information content (AvgIpc) is 2.98. The quantitative estimate of drug-likeness (QED) is 0.446. The van der Waals surface area contributed by atoms with E-state index in [1.54, 1.807) is 30.2 Å². The lowest BCUT2D eigenvalue weighted by Gasteiger charge is -2.25. The number of nitrogens with zero attached hydrogens (tertiary/aromatic N) is 2. The van der Waals surface area contributed by atoms with Gasteiger partial charge in [0.2, 0.25) is 0 Å². The third-order valence-electron chi connectivity index (χ3n) is 5.42. The summed E-state index contributed by atoms with van der Waals surface area (Å²) in [5.74, 6) is -0.732. The molecule has 2 aromatic rings. The molecular formula is C24H28N2O4. The van der Waals surface area contributed by atoms with E-state index in [9.17, 15) is 14.7 Å². The molecule has 0 bridgehead atoms. The van der Waals surface area contributed by atoms with Crippen LogP contribution in [0.5, 0.6) is 5.75 Å². The fourth-order valence-electron chi connectivity index (χ4n) is 3.83. The van der Waals surface area contributed by atoms with Crippen LogP contribution in [0.15, 0.2) is 48.0 Å². The van der Waals surface area contributed by atoms with E-state index in [0.717, 1.165) is 16.8 Å². The van der Waals surface area contributed by atoms with Crippen LogP contribution in [0.3, 0.4) is 0 Å². The van der Waals surface area contributed by atoms with E-state index in [1.165, 1.54) is 0 Å². The van der Waals surface area contributed by atoms with Gasteiger partial charge in [0, 0.05) is 31.9 Å². The lowest BCUT2D eigenvalue weighted by atomic mass is 9.93. The second-order valence-corrected chi connectivity index (χ2v) is 7.66. The smallest absolute Gasteiger partial charge is 0.295 e. The van der Waals surface area contributed by atoms with Crippen molar-refractivity contribution in [2.24, 2.45) is 0 Å². The Labute approximate surface area is 177 Å². The second-order valence-electron chi connectivity index (χ2n) is 7.66. The SMILES string of the molecule is CCCN1C(=O)C(=O)/C(=C(\O)c2ccc(OC)cc2C)C1c1ccc(N(C)C)cc1. The van der Waals surface area contributed by atoms with Crippen LogP contribution >= 0.6 is 0 Å². The van der Waals surface area contributed by atoms with Gasteiger partial charge in [0.25, 0.3) is 11.7 Å². The molecule has 1 fully saturated rings. The highest BCUT2D eigenvalue weighted by atomic mass is 16.5. The van der Waals surface area contributed by atoms with Crippen LogP contribution in [-0.4, -0.2) is 49.4 Å². The van der Waals surface area contributed by atoms with E-state index in [-0.39, 0.29) is 11.3 Å². The number of hydrogen-bond donors (Lipinski definition) is 1. The third kappa shape index (κ3) is 3.77. The molecule has 0 saturated carbocycles. The van der Waals surface area contributed by atoms with E-state index >= 15 is 0 Å². The molecule has 158 valence electrons. The van der Waals surface area contributed by atoms with Crippen molar-refractivity contribution in [3.05, 3.63) is 64.7 Å². The first-order valence-corrected chi connectivity index (χ1v) is 10.0.